The second-order valence-electron chi connectivity index (χ2n) is 8.46. The molecule has 0 atom stereocenters. The van der Waals surface area contributed by atoms with Gasteiger partial charge in [0.2, 0.25) is 5.71 Å². The van der Waals surface area contributed by atoms with Crippen LogP contribution in [0.2, 0.25) is 0 Å². The van der Waals surface area contributed by atoms with Gasteiger partial charge < -0.3 is 4.42 Å². The third-order valence-electron chi connectivity index (χ3n) is 6.60. The van der Waals surface area contributed by atoms with Crippen molar-refractivity contribution in [3.05, 3.63) is 72.6 Å². The zero-order chi connectivity index (χ0) is 20.1. The average Bonchev–Trinajstić information content (AvgIpc) is 3.19. The number of hydrogen-bond donors (Lipinski definition) is 0. The van der Waals surface area contributed by atoms with Gasteiger partial charge in [-0.25, -0.2) is 4.98 Å². The molecule has 1 saturated carbocycles. The molecule has 3 aromatic heterocycles. The number of aromatic nitrogens is 2. The summed E-state index contributed by atoms with van der Waals surface area (Å²) in [5.74, 6) is 0. The van der Waals surface area contributed by atoms with Crippen LogP contribution < -0.4 is 0 Å². The van der Waals surface area contributed by atoms with Crippen LogP contribution in [-0.2, 0) is 5.31 Å². The van der Waals surface area contributed by atoms with E-state index in [1.54, 1.807) is 0 Å². The third kappa shape index (κ3) is 2.67. The fourth-order valence-electron chi connectivity index (χ4n) is 4.98. The van der Waals surface area contributed by atoms with Crippen molar-refractivity contribution >= 4 is 40.7 Å². The number of furan rings is 1. The first-order valence-electron chi connectivity index (χ1n) is 10.7. The van der Waals surface area contributed by atoms with Crippen LogP contribution in [0.5, 0.6) is 0 Å². The molecule has 3 heterocycles. The van der Waals surface area contributed by atoms with Crippen molar-refractivity contribution in [1.82, 2.24) is 9.97 Å². The Morgan fingerprint density at radius 1 is 0.867 bits per heavy atom. The first-order chi connectivity index (χ1) is 14.7. The predicted octanol–water partition coefficient (Wildman–Crippen LogP) is 6.52. The molecule has 5 aromatic rings. The van der Waals surface area contributed by atoms with Crippen LogP contribution >= 0.6 is 0 Å². The Hall–Kier alpha value is -3.14. The summed E-state index contributed by atoms with van der Waals surface area (Å²) in [5.41, 5.74) is 4.54. The minimum absolute atomic E-state index is 0.254. The number of fused-ring (bicyclic) bond motifs is 5. The zero-order valence-corrected chi connectivity index (χ0v) is 16.8. The molecule has 0 N–H and O–H groups in total. The summed E-state index contributed by atoms with van der Waals surface area (Å²) in [6, 6.07) is 18.8. The van der Waals surface area contributed by atoms with Crippen molar-refractivity contribution in [2.75, 3.05) is 0 Å². The summed E-state index contributed by atoms with van der Waals surface area (Å²) in [6.45, 7) is 0. The minimum Gasteiger partial charge on any atom is -0.437 e. The molecule has 1 fully saturated rings. The van der Waals surface area contributed by atoms with Crippen molar-refractivity contribution in [3.63, 3.8) is 0 Å². The predicted molar refractivity (Wildman–Crippen MR) is 123 cm³/mol. The van der Waals surface area contributed by atoms with E-state index in [9.17, 15) is 0 Å². The van der Waals surface area contributed by atoms with E-state index in [1.165, 1.54) is 24.8 Å². The van der Waals surface area contributed by atoms with Crippen molar-refractivity contribution in [3.8, 4) is 11.3 Å². The summed E-state index contributed by atoms with van der Waals surface area (Å²) in [7, 11) is 6.80. The summed E-state index contributed by atoms with van der Waals surface area (Å²) in [5, 5.41) is 4.14. The van der Waals surface area contributed by atoms with Gasteiger partial charge >= 0.3 is 0 Å². The molecule has 144 valence electrons. The molecule has 6 rings (SSSR count). The highest BCUT2D eigenvalue weighted by molar-refractivity contribution is 6.19. The standard InChI is InChI=1S/C26H21BN2O/c27-26(12-4-1-5-13-26)18-11-14-28-22(15-18)20-9-6-10-21-23-19-8-3-2-7-17(19)16-29-25(23)30-24(20)21/h2-3,6-11,14-16H,1,4-5,12-13H2. The fourth-order valence-corrected chi connectivity index (χ4v) is 4.98. The highest BCUT2D eigenvalue weighted by Crippen LogP contribution is 2.40. The van der Waals surface area contributed by atoms with E-state index >= 15 is 0 Å². The number of para-hydroxylation sites is 1. The SMILES string of the molecule is [B]C1(c2ccnc(-c3cccc4c3oc3ncc5ccccc5c34)c2)CCCCC1. The van der Waals surface area contributed by atoms with Crippen LogP contribution in [0.1, 0.15) is 37.7 Å². The highest BCUT2D eigenvalue weighted by atomic mass is 16.3. The van der Waals surface area contributed by atoms with Crippen molar-refractivity contribution in [1.29, 1.82) is 0 Å². The number of benzene rings is 2. The van der Waals surface area contributed by atoms with Gasteiger partial charge in [-0.3, -0.25) is 4.98 Å². The van der Waals surface area contributed by atoms with Gasteiger partial charge in [0.25, 0.3) is 0 Å². The normalized spacial score (nSPS) is 16.4. The van der Waals surface area contributed by atoms with E-state index in [4.69, 9.17) is 12.3 Å². The van der Waals surface area contributed by atoms with Gasteiger partial charge in [0, 0.05) is 28.7 Å². The molecule has 0 bridgehead atoms. The molecule has 2 radical (unpaired) electrons. The first kappa shape index (κ1) is 17.7. The van der Waals surface area contributed by atoms with E-state index in [0.29, 0.717) is 5.71 Å². The van der Waals surface area contributed by atoms with Gasteiger partial charge in [-0.15, -0.1) is 0 Å². The smallest absolute Gasteiger partial charge is 0.227 e. The number of hydrogen-bond acceptors (Lipinski definition) is 3. The van der Waals surface area contributed by atoms with Crippen molar-refractivity contribution in [2.24, 2.45) is 0 Å². The molecule has 0 unspecified atom stereocenters. The molecule has 4 heteroatoms. The molecule has 2 aromatic carbocycles. The Balaban J connectivity index is 1.57. The molecular weight excluding hydrogens is 367 g/mol. The van der Waals surface area contributed by atoms with Gasteiger partial charge in [0.05, 0.1) is 18.9 Å². The summed E-state index contributed by atoms with van der Waals surface area (Å²) < 4.78 is 6.27. The zero-order valence-electron chi connectivity index (χ0n) is 16.8. The minimum atomic E-state index is -0.254. The molecule has 0 saturated heterocycles. The quantitative estimate of drug-likeness (QED) is 0.323. The van der Waals surface area contributed by atoms with Gasteiger partial charge in [-0.2, -0.15) is 0 Å². The van der Waals surface area contributed by atoms with Crippen LogP contribution in [-0.4, -0.2) is 17.8 Å². The Kier molecular flexibility index (Phi) is 3.95. The topological polar surface area (TPSA) is 38.9 Å². The Morgan fingerprint density at radius 3 is 2.60 bits per heavy atom. The fraction of sp³-hybridized carbons (Fsp3) is 0.231. The average molecular weight is 388 g/mol. The Labute approximate surface area is 176 Å². The first-order valence-corrected chi connectivity index (χ1v) is 10.7. The van der Waals surface area contributed by atoms with Gasteiger partial charge in [-0.05, 0) is 34.5 Å². The molecule has 1 aliphatic rings. The van der Waals surface area contributed by atoms with Gasteiger partial charge in [-0.1, -0.05) is 68.5 Å². The number of pyridine rings is 2. The molecule has 3 nitrogen and oxygen atoms in total. The lowest BCUT2D eigenvalue weighted by Gasteiger charge is -2.34. The molecule has 0 aliphatic heterocycles. The lowest BCUT2D eigenvalue weighted by Crippen LogP contribution is -2.29. The number of nitrogens with zero attached hydrogens (tertiary/aromatic N) is 2. The van der Waals surface area contributed by atoms with Crippen LogP contribution in [0.4, 0.5) is 0 Å². The second-order valence-corrected chi connectivity index (χ2v) is 8.46. The molecule has 30 heavy (non-hydrogen) atoms. The maximum atomic E-state index is 6.80. The number of rotatable bonds is 2. The lowest BCUT2D eigenvalue weighted by molar-refractivity contribution is 0.398. The highest BCUT2D eigenvalue weighted by Gasteiger charge is 2.28. The van der Waals surface area contributed by atoms with Crippen molar-refractivity contribution in [2.45, 2.75) is 37.4 Å². The molecule has 0 spiro atoms. The van der Waals surface area contributed by atoms with Crippen LogP contribution in [0.3, 0.4) is 0 Å². The summed E-state index contributed by atoms with van der Waals surface area (Å²) >= 11 is 0. The maximum Gasteiger partial charge on any atom is 0.227 e. The Bertz CT molecular complexity index is 1400. The molecule has 0 amide bonds. The summed E-state index contributed by atoms with van der Waals surface area (Å²) in [4.78, 5) is 9.26. The third-order valence-corrected chi connectivity index (χ3v) is 6.60. The monoisotopic (exact) mass is 388 g/mol. The van der Waals surface area contributed by atoms with E-state index < -0.39 is 0 Å². The van der Waals surface area contributed by atoms with Gasteiger partial charge in [0.15, 0.2) is 0 Å². The molecular formula is C26H21BN2O. The summed E-state index contributed by atoms with van der Waals surface area (Å²) in [6.07, 6.45) is 9.46. The van der Waals surface area contributed by atoms with Crippen LogP contribution in [0.15, 0.2) is 71.4 Å². The van der Waals surface area contributed by atoms with Crippen LogP contribution in [0, 0.1) is 0 Å². The van der Waals surface area contributed by atoms with Gasteiger partial charge in [0.1, 0.15) is 5.58 Å². The van der Waals surface area contributed by atoms with E-state index in [1.807, 2.05) is 18.5 Å². The Morgan fingerprint density at radius 2 is 1.70 bits per heavy atom. The largest absolute Gasteiger partial charge is 0.437 e. The van der Waals surface area contributed by atoms with Crippen LogP contribution in [0.25, 0.3) is 44.1 Å². The second kappa shape index (κ2) is 6.70. The van der Waals surface area contributed by atoms with E-state index in [-0.39, 0.29) is 5.31 Å². The van der Waals surface area contributed by atoms with E-state index in [2.05, 4.69) is 58.5 Å². The van der Waals surface area contributed by atoms with Crippen molar-refractivity contribution < 1.29 is 4.42 Å². The lowest BCUT2D eigenvalue weighted by atomic mass is 9.57. The maximum absolute atomic E-state index is 6.80. The van der Waals surface area contributed by atoms with E-state index in [0.717, 1.165) is 51.2 Å². The molecule has 1 aliphatic carbocycles.